The molecule has 2 N–H and O–H groups in total. The number of hydrogen-bond donors (Lipinski definition) is 2. The number of carbonyl (C=O) groups excluding carboxylic acids is 1. The minimum Gasteiger partial charge on any atom is -0.396 e. The predicted octanol–water partition coefficient (Wildman–Crippen LogP) is 3.79. The molecule has 1 aromatic heterocycles. The minimum atomic E-state index is -0.110. The number of pyridine rings is 1. The summed E-state index contributed by atoms with van der Waals surface area (Å²) in [6, 6.07) is 19.4. The highest BCUT2D eigenvalue weighted by atomic mass is 16.3. The van der Waals surface area contributed by atoms with E-state index in [-0.39, 0.29) is 18.6 Å². The topological polar surface area (TPSA) is 62.2 Å². The van der Waals surface area contributed by atoms with E-state index < -0.39 is 0 Å². The molecule has 3 aromatic rings. The van der Waals surface area contributed by atoms with Gasteiger partial charge in [0, 0.05) is 23.6 Å². The van der Waals surface area contributed by atoms with Gasteiger partial charge in [0.25, 0.3) is 5.91 Å². The number of aliphatic hydroxyl groups excluding tert-OH is 1. The van der Waals surface area contributed by atoms with E-state index in [2.05, 4.69) is 5.32 Å². The number of aliphatic hydroxyl groups is 1. The van der Waals surface area contributed by atoms with E-state index in [1.807, 2.05) is 67.6 Å². The Morgan fingerprint density at radius 2 is 1.84 bits per heavy atom. The number of carbonyl (C=O) groups is 1. The molecule has 0 aliphatic carbocycles. The molecule has 0 saturated carbocycles. The first-order valence-corrected chi connectivity index (χ1v) is 8.56. The molecule has 0 bridgehead atoms. The van der Waals surface area contributed by atoms with E-state index in [4.69, 9.17) is 10.1 Å². The van der Waals surface area contributed by atoms with Crippen molar-refractivity contribution in [3.63, 3.8) is 0 Å². The van der Waals surface area contributed by atoms with Crippen molar-refractivity contribution in [1.29, 1.82) is 0 Å². The Labute approximate surface area is 147 Å². The molecule has 1 atom stereocenters. The Balaban J connectivity index is 1.99. The van der Waals surface area contributed by atoms with Crippen molar-refractivity contribution in [2.45, 2.75) is 25.8 Å². The molecular formula is C21H22N2O2. The summed E-state index contributed by atoms with van der Waals surface area (Å²) in [6.45, 7) is 2.09. The SMILES string of the molecule is CC(CCCO)NC(=O)c1cc(-c2ccccc2)nc2ccccc12. The van der Waals surface area contributed by atoms with Crippen molar-refractivity contribution in [3.05, 3.63) is 66.2 Å². The van der Waals surface area contributed by atoms with Crippen molar-refractivity contribution in [2.24, 2.45) is 0 Å². The molecule has 0 aliphatic rings. The molecule has 1 heterocycles. The van der Waals surface area contributed by atoms with Gasteiger partial charge < -0.3 is 10.4 Å². The summed E-state index contributed by atoms with van der Waals surface area (Å²) in [7, 11) is 0. The van der Waals surface area contributed by atoms with E-state index in [1.54, 1.807) is 0 Å². The van der Waals surface area contributed by atoms with E-state index in [9.17, 15) is 4.79 Å². The zero-order valence-electron chi connectivity index (χ0n) is 14.3. The summed E-state index contributed by atoms with van der Waals surface area (Å²) < 4.78 is 0. The Morgan fingerprint density at radius 1 is 1.12 bits per heavy atom. The number of nitrogens with zero attached hydrogens (tertiary/aromatic N) is 1. The molecule has 1 amide bonds. The van der Waals surface area contributed by atoms with Gasteiger partial charge in [0.1, 0.15) is 0 Å². The molecule has 1 unspecified atom stereocenters. The number of para-hydroxylation sites is 1. The summed E-state index contributed by atoms with van der Waals surface area (Å²) in [5.74, 6) is -0.110. The number of benzene rings is 2. The number of rotatable bonds is 6. The van der Waals surface area contributed by atoms with Gasteiger partial charge in [-0.2, -0.15) is 0 Å². The van der Waals surface area contributed by atoms with Gasteiger partial charge in [0.15, 0.2) is 0 Å². The molecular weight excluding hydrogens is 312 g/mol. The van der Waals surface area contributed by atoms with Crippen LogP contribution in [0.3, 0.4) is 0 Å². The first-order chi connectivity index (χ1) is 12.2. The van der Waals surface area contributed by atoms with E-state index in [1.165, 1.54) is 0 Å². The third kappa shape index (κ3) is 4.03. The van der Waals surface area contributed by atoms with Crippen molar-refractivity contribution < 1.29 is 9.90 Å². The van der Waals surface area contributed by atoms with Crippen molar-refractivity contribution >= 4 is 16.8 Å². The van der Waals surface area contributed by atoms with Crippen LogP contribution >= 0.6 is 0 Å². The fourth-order valence-corrected chi connectivity index (χ4v) is 2.89. The fourth-order valence-electron chi connectivity index (χ4n) is 2.89. The van der Waals surface area contributed by atoms with Crippen molar-refractivity contribution in [3.8, 4) is 11.3 Å². The van der Waals surface area contributed by atoms with Crippen LogP contribution in [-0.4, -0.2) is 28.6 Å². The van der Waals surface area contributed by atoms with Gasteiger partial charge in [-0.05, 0) is 31.9 Å². The average Bonchev–Trinajstić information content (AvgIpc) is 2.66. The Morgan fingerprint density at radius 3 is 2.60 bits per heavy atom. The molecule has 0 spiro atoms. The minimum absolute atomic E-state index is 0.00625. The van der Waals surface area contributed by atoms with E-state index in [0.29, 0.717) is 12.0 Å². The molecule has 4 heteroatoms. The van der Waals surface area contributed by atoms with Crippen LogP contribution in [0.2, 0.25) is 0 Å². The maximum absolute atomic E-state index is 12.8. The van der Waals surface area contributed by atoms with Crippen LogP contribution in [0.4, 0.5) is 0 Å². The number of amides is 1. The quantitative estimate of drug-likeness (QED) is 0.721. The second-order valence-electron chi connectivity index (χ2n) is 6.18. The molecule has 25 heavy (non-hydrogen) atoms. The van der Waals surface area contributed by atoms with Crippen LogP contribution in [0.5, 0.6) is 0 Å². The maximum Gasteiger partial charge on any atom is 0.252 e. The van der Waals surface area contributed by atoms with Crippen LogP contribution in [0.25, 0.3) is 22.2 Å². The average molecular weight is 334 g/mol. The second-order valence-corrected chi connectivity index (χ2v) is 6.18. The zero-order chi connectivity index (χ0) is 17.6. The standard InChI is InChI=1S/C21H22N2O2/c1-15(8-7-13-24)22-21(25)18-14-20(16-9-3-2-4-10-16)23-19-12-6-5-11-17(18)19/h2-6,9-12,14-15,24H,7-8,13H2,1H3,(H,22,25). The van der Waals surface area contributed by atoms with Gasteiger partial charge in [-0.3, -0.25) is 4.79 Å². The molecule has 0 fully saturated rings. The van der Waals surface area contributed by atoms with Crippen molar-refractivity contribution in [1.82, 2.24) is 10.3 Å². The lowest BCUT2D eigenvalue weighted by atomic mass is 10.0. The second kappa shape index (κ2) is 7.90. The molecule has 4 nitrogen and oxygen atoms in total. The first-order valence-electron chi connectivity index (χ1n) is 8.56. The summed E-state index contributed by atoms with van der Waals surface area (Å²) in [5.41, 5.74) is 3.19. The smallest absolute Gasteiger partial charge is 0.252 e. The molecule has 0 saturated heterocycles. The Bertz CT molecular complexity index is 862. The van der Waals surface area contributed by atoms with Gasteiger partial charge >= 0.3 is 0 Å². The molecule has 2 aromatic carbocycles. The predicted molar refractivity (Wildman–Crippen MR) is 100 cm³/mol. The third-order valence-corrected chi connectivity index (χ3v) is 4.20. The van der Waals surface area contributed by atoms with E-state index >= 15 is 0 Å². The highest BCUT2D eigenvalue weighted by Crippen LogP contribution is 2.24. The summed E-state index contributed by atoms with van der Waals surface area (Å²) in [5, 5.41) is 12.8. The highest BCUT2D eigenvalue weighted by molar-refractivity contribution is 6.07. The zero-order valence-corrected chi connectivity index (χ0v) is 14.3. The number of hydrogen-bond acceptors (Lipinski definition) is 3. The van der Waals surface area contributed by atoms with Crippen LogP contribution in [-0.2, 0) is 0 Å². The highest BCUT2D eigenvalue weighted by Gasteiger charge is 2.15. The summed E-state index contributed by atoms with van der Waals surface area (Å²) in [6.07, 6.45) is 1.42. The van der Waals surface area contributed by atoms with Crippen LogP contribution in [0, 0.1) is 0 Å². The molecule has 128 valence electrons. The first kappa shape index (κ1) is 17.1. The van der Waals surface area contributed by atoms with Gasteiger partial charge in [0.2, 0.25) is 0 Å². The van der Waals surface area contributed by atoms with Crippen LogP contribution in [0.15, 0.2) is 60.7 Å². The summed E-state index contributed by atoms with van der Waals surface area (Å²) >= 11 is 0. The van der Waals surface area contributed by atoms with Crippen molar-refractivity contribution in [2.75, 3.05) is 6.61 Å². The lowest BCUT2D eigenvalue weighted by molar-refractivity contribution is 0.0938. The van der Waals surface area contributed by atoms with Gasteiger partial charge in [0.05, 0.1) is 16.8 Å². The normalized spacial score (nSPS) is 12.1. The Hall–Kier alpha value is -2.72. The lowest BCUT2D eigenvalue weighted by Crippen LogP contribution is -2.32. The number of nitrogens with one attached hydrogen (secondary N) is 1. The van der Waals surface area contributed by atoms with Crippen LogP contribution in [0.1, 0.15) is 30.1 Å². The Kier molecular flexibility index (Phi) is 5.41. The monoisotopic (exact) mass is 334 g/mol. The molecule has 3 rings (SSSR count). The summed E-state index contributed by atoms with van der Waals surface area (Å²) in [4.78, 5) is 17.5. The third-order valence-electron chi connectivity index (χ3n) is 4.20. The molecule has 0 radical (unpaired) electrons. The van der Waals surface area contributed by atoms with E-state index in [0.717, 1.165) is 28.6 Å². The maximum atomic E-state index is 12.8. The fraction of sp³-hybridized carbons (Fsp3) is 0.238. The van der Waals surface area contributed by atoms with Gasteiger partial charge in [-0.15, -0.1) is 0 Å². The largest absolute Gasteiger partial charge is 0.396 e. The molecule has 0 aliphatic heterocycles. The number of fused-ring (bicyclic) bond motifs is 1. The van der Waals surface area contributed by atoms with Gasteiger partial charge in [-0.1, -0.05) is 48.5 Å². The lowest BCUT2D eigenvalue weighted by Gasteiger charge is -2.15. The number of aromatic nitrogens is 1. The van der Waals surface area contributed by atoms with Gasteiger partial charge in [-0.25, -0.2) is 4.98 Å². The van der Waals surface area contributed by atoms with Crippen LogP contribution < -0.4 is 5.32 Å².